The highest BCUT2D eigenvalue weighted by Gasteiger charge is 2.19. The van der Waals surface area contributed by atoms with Gasteiger partial charge in [0.1, 0.15) is 5.75 Å². The van der Waals surface area contributed by atoms with Gasteiger partial charge < -0.3 is 14.8 Å². The third kappa shape index (κ3) is 5.64. The van der Waals surface area contributed by atoms with Crippen molar-refractivity contribution >= 4 is 40.8 Å². The van der Waals surface area contributed by atoms with Gasteiger partial charge in [-0.25, -0.2) is 0 Å². The maximum atomic E-state index is 12.2. The summed E-state index contributed by atoms with van der Waals surface area (Å²) in [5.41, 5.74) is 1.30. The molecule has 0 spiro atoms. The smallest absolute Gasteiger partial charge is 0.306 e. The number of ether oxygens (including phenoxy) is 2. The largest absolute Gasteiger partial charge is 0.496 e. The molecule has 0 bridgehead atoms. The highest BCUT2D eigenvalue weighted by Crippen LogP contribution is 2.25. The van der Waals surface area contributed by atoms with E-state index in [4.69, 9.17) is 32.7 Å². The fourth-order valence-corrected chi connectivity index (χ4v) is 2.74. The first-order valence-corrected chi connectivity index (χ1v) is 8.73. The Labute approximate surface area is 162 Å². The molecule has 138 valence electrons. The number of carbonyl (C=O) groups is 2. The Bertz CT molecular complexity index is 795. The van der Waals surface area contributed by atoms with Crippen molar-refractivity contribution in [3.05, 3.63) is 58.1 Å². The molecule has 0 aliphatic heterocycles. The molecule has 0 aromatic heterocycles. The topological polar surface area (TPSA) is 64.6 Å². The molecule has 0 radical (unpaired) electrons. The van der Waals surface area contributed by atoms with Gasteiger partial charge in [-0.3, -0.25) is 9.59 Å². The number of para-hydroxylation sites is 1. The van der Waals surface area contributed by atoms with Crippen LogP contribution in [0.15, 0.2) is 42.5 Å². The van der Waals surface area contributed by atoms with E-state index in [0.717, 1.165) is 5.56 Å². The fourth-order valence-electron chi connectivity index (χ4n) is 2.28. The molecule has 0 fully saturated rings. The molecule has 1 atom stereocenters. The number of benzene rings is 2. The lowest BCUT2D eigenvalue weighted by Gasteiger charge is -2.14. The average Bonchev–Trinajstić information content (AvgIpc) is 2.62. The van der Waals surface area contributed by atoms with Crippen molar-refractivity contribution in [3.8, 4) is 5.75 Å². The second-order valence-corrected chi connectivity index (χ2v) is 6.40. The number of halogens is 2. The van der Waals surface area contributed by atoms with Crippen LogP contribution in [0, 0.1) is 0 Å². The molecule has 2 aromatic rings. The lowest BCUT2D eigenvalue weighted by Crippen LogP contribution is -2.30. The summed E-state index contributed by atoms with van der Waals surface area (Å²) in [5.74, 6) is -0.232. The Morgan fingerprint density at radius 2 is 1.88 bits per heavy atom. The molecule has 0 saturated heterocycles. The predicted octanol–water partition coefficient (Wildman–Crippen LogP) is 4.51. The van der Waals surface area contributed by atoms with Gasteiger partial charge in [-0.1, -0.05) is 41.4 Å². The monoisotopic (exact) mass is 395 g/mol. The van der Waals surface area contributed by atoms with Crippen molar-refractivity contribution in [1.82, 2.24) is 0 Å². The second-order valence-electron chi connectivity index (χ2n) is 5.56. The number of amides is 1. The van der Waals surface area contributed by atoms with E-state index in [2.05, 4.69) is 5.32 Å². The number of methoxy groups -OCH3 is 1. The van der Waals surface area contributed by atoms with E-state index in [1.807, 2.05) is 24.3 Å². The van der Waals surface area contributed by atoms with Crippen LogP contribution < -0.4 is 10.1 Å². The normalized spacial score (nSPS) is 11.5. The van der Waals surface area contributed by atoms with E-state index >= 15 is 0 Å². The molecule has 5 nitrogen and oxygen atoms in total. The number of hydrogen-bond acceptors (Lipinski definition) is 4. The number of anilines is 1. The third-order valence-corrected chi connectivity index (χ3v) is 4.21. The summed E-state index contributed by atoms with van der Waals surface area (Å²) in [7, 11) is 1.57. The Hall–Kier alpha value is -2.24. The van der Waals surface area contributed by atoms with Gasteiger partial charge in [0.2, 0.25) is 0 Å². The second kappa shape index (κ2) is 9.46. The predicted molar refractivity (Wildman–Crippen MR) is 102 cm³/mol. The minimum absolute atomic E-state index is 0.139. The van der Waals surface area contributed by atoms with Gasteiger partial charge in [0.15, 0.2) is 6.10 Å². The molecular formula is C19H19Cl2NO4. The molecule has 1 unspecified atom stereocenters. The summed E-state index contributed by atoms with van der Waals surface area (Å²) in [6, 6.07) is 12.1. The zero-order chi connectivity index (χ0) is 19.1. The van der Waals surface area contributed by atoms with Crippen molar-refractivity contribution in [1.29, 1.82) is 0 Å². The first kappa shape index (κ1) is 20.1. The van der Waals surface area contributed by atoms with Gasteiger partial charge in [0, 0.05) is 11.4 Å². The molecule has 26 heavy (non-hydrogen) atoms. The van der Waals surface area contributed by atoms with E-state index in [0.29, 0.717) is 27.9 Å². The summed E-state index contributed by atoms with van der Waals surface area (Å²) < 4.78 is 10.4. The van der Waals surface area contributed by atoms with Crippen LogP contribution in [-0.2, 0) is 20.7 Å². The molecule has 0 heterocycles. The van der Waals surface area contributed by atoms with Crippen molar-refractivity contribution < 1.29 is 19.1 Å². The van der Waals surface area contributed by atoms with Gasteiger partial charge in [-0.2, -0.15) is 0 Å². The van der Waals surface area contributed by atoms with E-state index in [9.17, 15) is 9.59 Å². The summed E-state index contributed by atoms with van der Waals surface area (Å²) in [5, 5.41) is 3.38. The van der Waals surface area contributed by atoms with Crippen molar-refractivity contribution in [3.63, 3.8) is 0 Å². The van der Waals surface area contributed by atoms with Crippen molar-refractivity contribution in [2.24, 2.45) is 0 Å². The van der Waals surface area contributed by atoms with Crippen LogP contribution in [-0.4, -0.2) is 25.1 Å². The standard InChI is InChI=1S/C19H19Cl2NO4/c1-12(19(24)22-16-9-8-14(20)11-15(16)21)26-18(23)10-7-13-5-3-4-6-17(13)25-2/h3-6,8-9,11-12H,7,10H2,1-2H3,(H,22,24). The quantitative estimate of drug-likeness (QED) is 0.700. The number of carbonyl (C=O) groups excluding carboxylic acids is 2. The minimum Gasteiger partial charge on any atom is -0.496 e. The third-order valence-electron chi connectivity index (χ3n) is 3.66. The SMILES string of the molecule is COc1ccccc1CCC(=O)OC(C)C(=O)Nc1ccc(Cl)cc1Cl. The Balaban J connectivity index is 1.86. The summed E-state index contributed by atoms with van der Waals surface area (Å²) in [6.07, 6.45) is -0.355. The van der Waals surface area contributed by atoms with Crippen LogP contribution in [0.5, 0.6) is 5.75 Å². The van der Waals surface area contributed by atoms with Crippen molar-refractivity contribution in [2.45, 2.75) is 25.9 Å². The summed E-state index contributed by atoms with van der Waals surface area (Å²) in [6.45, 7) is 1.50. The van der Waals surface area contributed by atoms with E-state index < -0.39 is 18.0 Å². The zero-order valence-electron chi connectivity index (χ0n) is 14.4. The zero-order valence-corrected chi connectivity index (χ0v) is 15.9. The molecule has 1 amide bonds. The molecular weight excluding hydrogens is 377 g/mol. The number of aryl methyl sites for hydroxylation is 1. The highest BCUT2D eigenvalue weighted by atomic mass is 35.5. The Kier molecular flexibility index (Phi) is 7.30. The first-order chi connectivity index (χ1) is 12.4. The molecule has 0 aliphatic carbocycles. The molecule has 7 heteroatoms. The Morgan fingerprint density at radius 1 is 1.15 bits per heavy atom. The van der Waals surface area contributed by atoms with Gasteiger partial charge in [0.05, 0.1) is 17.8 Å². The average molecular weight is 396 g/mol. The van der Waals surface area contributed by atoms with Gasteiger partial charge in [0.25, 0.3) is 5.91 Å². The van der Waals surface area contributed by atoms with Crippen molar-refractivity contribution in [2.75, 3.05) is 12.4 Å². The molecule has 2 aromatic carbocycles. The minimum atomic E-state index is -0.952. The van der Waals surface area contributed by atoms with Gasteiger partial charge in [-0.15, -0.1) is 0 Å². The van der Waals surface area contributed by atoms with Crippen LogP contribution in [0.25, 0.3) is 0 Å². The number of rotatable bonds is 7. The number of esters is 1. The van der Waals surface area contributed by atoms with Gasteiger partial charge in [-0.05, 0) is 43.2 Å². The number of nitrogens with one attached hydrogen (secondary N) is 1. The van der Waals surface area contributed by atoms with Crippen LogP contribution in [0.4, 0.5) is 5.69 Å². The lowest BCUT2D eigenvalue weighted by molar-refractivity contribution is -0.153. The Morgan fingerprint density at radius 3 is 2.58 bits per heavy atom. The van der Waals surface area contributed by atoms with Crippen LogP contribution in [0.2, 0.25) is 10.0 Å². The molecule has 1 N–H and O–H groups in total. The first-order valence-electron chi connectivity index (χ1n) is 7.98. The van der Waals surface area contributed by atoms with E-state index in [1.165, 1.54) is 13.0 Å². The molecule has 0 saturated carbocycles. The molecule has 0 aliphatic rings. The summed E-state index contributed by atoms with van der Waals surface area (Å²) >= 11 is 11.8. The highest BCUT2D eigenvalue weighted by molar-refractivity contribution is 6.36. The summed E-state index contributed by atoms with van der Waals surface area (Å²) in [4.78, 5) is 24.2. The van der Waals surface area contributed by atoms with Crippen LogP contribution in [0.1, 0.15) is 18.9 Å². The number of hydrogen-bond donors (Lipinski definition) is 1. The lowest BCUT2D eigenvalue weighted by atomic mass is 10.1. The van der Waals surface area contributed by atoms with E-state index in [1.54, 1.807) is 19.2 Å². The van der Waals surface area contributed by atoms with Gasteiger partial charge >= 0.3 is 5.97 Å². The van der Waals surface area contributed by atoms with Crippen LogP contribution in [0.3, 0.4) is 0 Å². The fraction of sp³-hybridized carbons (Fsp3) is 0.263. The van der Waals surface area contributed by atoms with Crippen LogP contribution >= 0.6 is 23.2 Å². The van der Waals surface area contributed by atoms with E-state index in [-0.39, 0.29) is 6.42 Å². The molecule has 2 rings (SSSR count). The maximum absolute atomic E-state index is 12.2. The maximum Gasteiger partial charge on any atom is 0.306 e.